The number of hydrogen-bond donors (Lipinski definition) is 2. The van der Waals surface area contributed by atoms with E-state index < -0.39 is 5.97 Å². The van der Waals surface area contributed by atoms with Gasteiger partial charge in [0.2, 0.25) is 0 Å². The predicted octanol–water partition coefficient (Wildman–Crippen LogP) is 2.46. The summed E-state index contributed by atoms with van der Waals surface area (Å²) in [6, 6.07) is 13.8. The minimum absolute atomic E-state index is 0.0527. The van der Waals surface area contributed by atoms with Gasteiger partial charge in [0.15, 0.2) is 0 Å². The van der Waals surface area contributed by atoms with Crippen LogP contribution in [0.25, 0.3) is 0 Å². The molecule has 0 amide bonds. The molecule has 0 heterocycles. The lowest BCUT2D eigenvalue weighted by Crippen LogP contribution is -2.05. The minimum Gasteiger partial charge on any atom is -0.489 e. The van der Waals surface area contributed by atoms with Crippen molar-refractivity contribution >= 4 is 5.97 Å². The zero-order valence-corrected chi connectivity index (χ0v) is 10.2. The lowest BCUT2D eigenvalue weighted by Gasteiger charge is -2.09. The molecule has 2 aromatic rings. The fourth-order valence-electron chi connectivity index (χ4n) is 1.75. The Morgan fingerprint density at radius 2 is 1.89 bits per heavy atom. The van der Waals surface area contributed by atoms with Crippen molar-refractivity contribution in [3.05, 3.63) is 65.2 Å². The van der Waals surface area contributed by atoms with E-state index >= 15 is 0 Å². The molecule has 0 aliphatic heterocycles. The molecule has 0 fully saturated rings. The van der Waals surface area contributed by atoms with Crippen molar-refractivity contribution in [2.45, 2.75) is 13.2 Å². The number of benzene rings is 2. The van der Waals surface area contributed by atoms with Crippen molar-refractivity contribution in [3.8, 4) is 5.75 Å². The molecule has 0 aliphatic rings. The van der Waals surface area contributed by atoms with E-state index in [2.05, 4.69) is 0 Å². The first-order valence-corrected chi connectivity index (χ1v) is 5.84. The largest absolute Gasteiger partial charge is 0.489 e. The fourth-order valence-corrected chi connectivity index (χ4v) is 1.75. The van der Waals surface area contributed by atoms with Crippen molar-refractivity contribution in [3.63, 3.8) is 0 Å². The number of rotatable bonds is 5. The van der Waals surface area contributed by atoms with Crippen LogP contribution in [0.15, 0.2) is 48.5 Å². The van der Waals surface area contributed by atoms with Gasteiger partial charge in [0.1, 0.15) is 12.4 Å². The van der Waals surface area contributed by atoms with Crippen LogP contribution in [0.2, 0.25) is 0 Å². The van der Waals surface area contributed by atoms with Gasteiger partial charge in [-0.3, -0.25) is 0 Å². The Morgan fingerprint density at radius 3 is 2.63 bits per heavy atom. The van der Waals surface area contributed by atoms with Crippen molar-refractivity contribution in [1.29, 1.82) is 0 Å². The second kappa shape index (κ2) is 6.02. The second-order valence-corrected chi connectivity index (χ2v) is 4.06. The van der Waals surface area contributed by atoms with Gasteiger partial charge in [-0.15, -0.1) is 0 Å². The van der Waals surface area contributed by atoms with E-state index in [4.69, 9.17) is 14.9 Å². The monoisotopic (exact) mass is 258 g/mol. The number of ether oxygens (including phenoxy) is 1. The second-order valence-electron chi connectivity index (χ2n) is 4.06. The van der Waals surface area contributed by atoms with Crippen LogP contribution in [0.3, 0.4) is 0 Å². The zero-order chi connectivity index (χ0) is 13.7. The average Bonchev–Trinajstić information content (AvgIpc) is 2.45. The molecule has 4 nitrogen and oxygen atoms in total. The molecule has 0 saturated carbocycles. The van der Waals surface area contributed by atoms with Gasteiger partial charge >= 0.3 is 5.97 Å². The first-order chi connectivity index (χ1) is 9.20. The standard InChI is InChI=1S/C15H14O4/c16-9-11-4-3-6-13(8-11)19-10-12-5-1-2-7-14(12)15(17)18/h1-8,16H,9-10H2,(H,17,18). The average molecular weight is 258 g/mol. The molecular weight excluding hydrogens is 244 g/mol. The van der Waals surface area contributed by atoms with Gasteiger partial charge in [0.05, 0.1) is 12.2 Å². The highest BCUT2D eigenvalue weighted by atomic mass is 16.5. The third-order valence-corrected chi connectivity index (χ3v) is 2.72. The van der Waals surface area contributed by atoms with Crippen LogP contribution in [0.5, 0.6) is 5.75 Å². The van der Waals surface area contributed by atoms with Crippen LogP contribution in [0, 0.1) is 0 Å². The molecule has 0 atom stereocenters. The summed E-state index contributed by atoms with van der Waals surface area (Å²) in [5.74, 6) is -0.366. The maximum absolute atomic E-state index is 11.0. The minimum atomic E-state index is -0.969. The zero-order valence-electron chi connectivity index (χ0n) is 10.2. The van der Waals surface area contributed by atoms with Crippen LogP contribution >= 0.6 is 0 Å². The lowest BCUT2D eigenvalue weighted by molar-refractivity contribution is 0.0694. The molecule has 4 heteroatoms. The molecule has 0 unspecified atom stereocenters. The number of aliphatic hydroxyl groups is 1. The summed E-state index contributed by atoms with van der Waals surface area (Å²) in [4.78, 5) is 11.0. The number of aromatic carboxylic acids is 1. The third-order valence-electron chi connectivity index (χ3n) is 2.72. The molecule has 2 N–H and O–H groups in total. The summed E-state index contributed by atoms with van der Waals surface area (Å²) in [6.07, 6.45) is 0. The van der Waals surface area contributed by atoms with Crippen molar-refractivity contribution < 1.29 is 19.7 Å². The molecule has 0 saturated heterocycles. The van der Waals surface area contributed by atoms with E-state index in [0.29, 0.717) is 11.3 Å². The normalized spacial score (nSPS) is 10.2. The van der Waals surface area contributed by atoms with Crippen LogP contribution in [-0.2, 0) is 13.2 Å². The van der Waals surface area contributed by atoms with E-state index in [1.54, 1.807) is 48.5 Å². The smallest absolute Gasteiger partial charge is 0.336 e. The molecule has 2 rings (SSSR count). The van der Waals surface area contributed by atoms with Gasteiger partial charge < -0.3 is 14.9 Å². The first-order valence-electron chi connectivity index (χ1n) is 5.84. The lowest BCUT2D eigenvalue weighted by atomic mass is 10.1. The van der Waals surface area contributed by atoms with Gasteiger partial charge in [0.25, 0.3) is 0 Å². The summed E-state index contributed by atoms with van der Waals surface area (Å²) < 4.78 is 5.55. The van der Waals surface area contributed by atoms with Crippen LogP contribution < -0.4 is 4.74 Å². The SMILES string of the molecule is O=C(O)c1ccccc1COc1cccc(CO)c1. The van der Waals surface area contributed by atoms with E-state index in [9.17, 15) is 4.79 Å². The summed E-state index contributed by atoms with van der Waals surface area (Å²) in [5.41, 5.74) is 1.61. The highest BCUT2D eigenvalue weighted by Crippen LogP contribution is 2.17. The number of carbonyl (C=O) groups is 1. The molecule has 0 radical (unpaired) electrons. The molecule has 0 bridgehead atoms. The highest BCUT2D eigenvalue weighted by Gasteiger charge is 2.09. The van der Waals surface area contributed by atoms with Crippen LogP contribution in [0.1, 0.15) is 21.5 Å². The Bertz CT molecular complexity index is 578. The molecule has 2 aromatic carbocycles. The van der Waals surface area contributed by atoms with Crippen molar-refractivity contribution in [2.75, 3.05) is 0 Å². The number of carboxylic acid groups (broad SMARTS) is 1. The number of hydrogen-bond acceptors (Lipinski definition) is 3. The fraction of sp³-hybridized carbons (Fsp3) is 0.133. The summed E-state index contributed by atoms with van der Waals surface area (Å²) in [6.45, 7) is 0.125. The quantitative estimate of drug-likeness (QED) is 0.864. The van der Waals surface area contributed by atoms with E-state index in [-0.39, 0.29) is 18.8 Å². The summed E-state index contributed by atoms with van der Waals surface area (Å²) in [5, 5.41) is 18.1. The van der Waals surface area contributed by atoms with Gasteiger partial charge in [-0.2, -0.15) is 0 Å². The van der Waals surface area contributed by atoms with Gasteiger partial charge in [-0.05, 0) is 23.8 Å². The maximum atomic E-state index is 11.0. The highest BCUT2D eigenvalue weighted by molar-refractivity contribution is 5.89. The summed E-state index contributed by atoms with van der Waals surface area (Å²) >= 11 is 0. The summed E-state index contributed by atoms with van der Waals surface area (Å²) in [7, 11) is 0. The van der Waals surface area contributed by atoms with E-state index in [1.165, 1.54) is 0 Å². The number of aliphatic hydroxyl groups excluding tert-OH is 1. The molecule has 19 heavy (non-hydrogen) atoms. The Balaban J connectivity index is 2.12. The molecule has 0 aliphatic carbocycles. The van der Waals surface area contributed by atoms with E-state index in [0.717, 1.165) is 5.56 Å². The van der Waals surface area contributed by atoms with Gasteiger partial charge in [0, 0.05) is 5.56 Å². The van der Waals surface area contributed by atoms with Crippen LogP contribution in [0.4, 0.5) is 0 Å². The third kappa shape index (κ3) is 3.33. The van der Waals surface area contributed by atoms with Gasteiger partial charge in [-0.1, -0.05) is 30.3 Å². The van der Waals surface area contributed by atoms with Gasteiger partial charge in [-0.25, -0.2) is 4.79 Å². The first kappa shape index (κ1) is 13.1. The van der Waals surface area contributed by atoms with Crippen LogP contribution in [-0.4, -0.2) is 16.2 Å². The molecule has 98 valence electrons. The Morgan fingerprint density at radius 1 is 1.11 bits per heavy atom. The van der Waals surface area contributed by atoms with E-state index in [1.807, 2.05) is 0 Å². The Kier molecular flexibility index (Phi) is 4.15. The Labute approximate surface area is 110 Å². The Hall–Kier alpha value is -2.33. The van der Waals surface area contributed by atoms with Crippen molar-refractivity contribution in [2.24, 2.45) is 0 Å². The number of carboxylic acids is 1. The topological polar surface area (TPSA) is 66.8 Å². The molecule has 0 spiro atoms. The molecule has 0 aromatic heterocycles. The van der Waals surface area contributed by atoms with Crippen molar-refractivity contribution in [1.82, 2.24) is 0 Å². The predicted molar refractivity (Wildman–Crippen MR) is 70.1 cm³/mol. The maximum Gasteiger partial charge on any atom is 0.336 e. The molecular formula is C15H14O4.